The molecule has 210 valence electrons. The standard InChI is InChI=1S/C42H31NO/c1-26-14-18-32-34-20-16-30(40(43-3)28-10-6-4-7-11-28)24-38(34)42(36(32)22-26)37-23-27(2)15-19-33(37)35-21-17-31(25-39(35)42)41(44)29-12-8-5-9-13-29/h4-25H,1-3H3/b43-40+. The van der Waals surface area contributed by atoms with Gasteiger partial charge in [-0.05, 0) is 70.5 Å². The number of fused-ring (bicyclic) bond motifs is 10. The van der Waals surface area contributed by atoms with Gasteiger partial charge in [0.25, 0.3) is 0 Å². The second kappa shape index (κ2) is 9.86. The molecule has 2 aliphatic carbocycles. The highest BCUT2D eigenvalue weighted by molar-refractivity contribution is 6.14. The SMILES string of the molecule is C/N=C(\c1ccccc1)c1ccc2c(c1)C1(c3cc(C)ccc3-c3ccc(C(=O)c4ccccc4)cc31)c1cc(C)ccc1-2. The predicted octanol–water partition coefficient (Wildman–Crippen LogP) is 9.35. The van der Waals surface area contributed by atoms with Crippen molar-refractivity contribution in [1.82, 2.24) is 0 Å². The minimum atomic E-state index is -0.564. The molecule has 0 amide bonds. The van der Waals surface area contributed by atoms with Crippen LogP contribution in [-0.2, 0) is 5.41 Å². The van der Waals surface area contributed by atoms with Crippen LogP contribution in [0.1, 0.15) is 60.4 Å². The minimum absolute atomic E-state index is 0.0385. The van der Waals surface area contributed by atoms with Gasteiger partial charge in [-0.2, -0.15) is 0 Å². The summed E-state index contributed by atoms with van der Waals surface area (Å²) in [6.07, 6.45) is 0. The van der Waals surface area contributed by atoms with Gasteiger partial charge < -0.3 is 0 Å². The number of hydrogen-bond acceptors (Lipinski definition) is 2. The quantitative estimate of drug-likeness (QED) is 0.154. The zero-order valence-corrected chi connectivity index (χ0v) is 25.1. The third-order valence-corrected chi connectivity index (χ3v) is 9.43. The van der Waals surface area contributed by atoms with E-state index in [1.54, 1.807) is 0 Å². The molecule has 8 rings (SSSR count). The molecule has 1 spiro atoms. The fourth-order valence-corrected chi connectivity index (χ4v) is 7.52. The van der Waals surface area contributed by atoms with Crippen LogP contribution in [0.5, 0.6) is 0 Å². The van der Waals surface area contributed by atoms with E-state index in [1.165, 1.54) is 50.1 Å². The van der Waals surface area contributed by atoms with Crippen molar-refractivity contribution < 1.29 is 4.79 Å². The first-order chi connectivity index (χ1) is 21.5. The summed E-state index contributed by atoms with van der Waals surface area (Å²) in [5.74, 6) is 0.0385. The lowest BCUT2D eigenvalue weighted by molar-refractivity contribution is 0.103. The summed E-state index contributed by atoms with van der Waals surface area (Å²) >= 11 is 0. The van der Waals surface area contributed by atoms with Crippen LogP contribution in [0.4, 0.5) is 0 Å². The molecule has 0 N–H and O–H groups in total. The lowest BCUT2D eigenvalue weighted by Gasteiger charge is -2.31. The number of ketones is 1. The van der Waals surface area contributed by atoms with Crippen LogP contribution in [0.25, 0.3) is 22.3 Å². The number of aliphatic imine (C=N–C) groups is 1. The van der Waals surface area contributed by atoms with E-state index in [-0.39, 0.29) is 5.78 Å². The zero-order valence-electron chi connectivity index (χ0n) is 25.1. The van der Waals surface area contributed by atoms with E-state index in [1.807, 2.05) is 49.5 Å². The molecule has 0 bridgehead atoms. The second-order valence-electron chi connectivity index (χ2n) is 12.0. The fourth-order valence-electron chi connectivity index (χ4n) is 7.52. The Bertz CT molecular complexity index is 2140. The Morgan fingerprint density at radius 3 is 1.43 bits per heavy atom. The van der Waals surface area contributed by atoms with Crippen LogP contribution < -0.4 is 0 Å². The number of carbonyl (C=O) groups is 1. The molecule has 1 atom stereocenters. The Morgan fingerprint density at radius 1 is 0.477 bits per heavy atom. The van der Waals surface area contributed by atoms with Gasteiger partial charge in [0.2, 0.25) is 0 Å². The summed E-state index contributed by atoms with van der Waals surface area (Å²) in [6.45, 7) is 4.34. The van der Waals surface area contributed by atoms with Crippen molar-refractivity contribution in [3.63, 3.8) is 0 Å². The van der Waals surface area contributed by atoms with Crippen molar-refractivity contribution >= 4 is 11.5 Å². The normalized spacial score (nSPS) is 15.9. The Balaban J connectivity index is 1.46. The summed E-state index contributed by atoms with van der Waals surface area (Å²) in [5.41, 5.74) is 16.2. The lowest BCUT2D eigenvalue weighted by atomic mass is 9.69. The average molecular weight is 566 g/mol. The second-order valence-corrected chi connectivity index (χ2v) is 12.0. The number of aryl methyl sites for hydroxylation is 2. The van der Waals surface area contributed by atoms with Crippen molar-refractivity contribution in [3.05, 3.63) is 189 Å². The highest BCUT2D eigenvalue weighted by Crippen LogP contribution is 2.63. The largest absolute Gasteiger partial charge is 0.289 e. The fraction of sp³-hybridized carbons (Fsp3) is 0.0952. The minimum Gasteiger partial charge on any atom is -0.289 e. The van der Waals surface area contributed by atoms with Crippen LogP contribution in [0.2, 0.25) is 0 Å². The van der Waals surface area contributed by atoms with Crippen molar-refractivity contribution in [3.8, 4) is 22.3 Å². The molecule has 2 nitrogen and oxygen atoms in total. The summed E-state index contributed by atoms with van der Waals surface area (Å²) in [4.78, 5) is 18.6. The molecule has 2 aliphatic rings. The molecule has 1 unspecified atom stereocenters. The molecule has 2 heteroatoms. The molecule has 6 aromatic rings. The Labute approximate surface area is 258 Å². The van der Waals surface area contributed by atoms with Crippen LogP contribution in [-0.4, -0.2) is 18.5 Å². The number of benzene rings is 6. The number of nitrogens with zero attached hydrogens (tertiary/aromatic N) is 1. The first kappa shape index (κ1) is 26.3. The Kier molecular flexibility index (Phi) is 5.89. The van der Waals surface area contributed by atoms with E-state index < -0.39 is 5.41 Å². The lowest BCUT2D eigenvalue weighted by Crippen LogP contribution is -2.27. The topological polar surface area (TPSA) is 29.4 Å². The summed E-state index contributed by atoms with van der Waals surface area (Å²) in [5, 5.41) is 0. The van der Waals surface area contributed by atoms with E-state index >= 15 is 0 Å². The molecule has 0 saturated carbocycles. The van der Waals surface area contributed by atoms with Crippen molar-refractivity contribution in [1.29, 1.82) is 0 Å². The van der Waals surface area contributed by atoms with Gasteiger partial charge in [0.05, 0.1) is 11.1 Å². The van der Waals surface area contributed by atoms with E-state index in [9.17, 15) is 4.79 Å². The third-order valence-electron chi connectivity index (χ3n) is 9.43. The number of carbonyl (C=O) groups excluding carboxylic acids is 1. The first-order valence-electron chi connectivity index (χ1n) is 15.1. The van der Waals surface area contributed by atoms with Crippen molar-refractivity contribution in [2.24, 2.45) is 4.99 Å². The van der Waals surface area contributed by atoms with Crippen LogP contribution in [0.15, 0.2) is 138 Å². The molecule has 0 aromatic heterocycles. The average Bonchev–Trinajstić information content (AvgIpc) is 3.51. The van der Waals surface area contributed by atoms with Gasteiger partial charge in [0.1, 0.15) is 0 Å². The Hall–Kier alpha value is -5.34. The van der Waals surface area contributed by atoms with Gasteiger partial charge in [0, 0.05) is 29.3 Å². The monoisotopic (exact) mass is 565 g/mol. The van der Waals surface area contributed by atoms with Gasteiger partial charge in [0.15, 0.2) is 5.78 Å². The molecular weight excluding hydrogens is 534 g/mol. The Morgan fingerprint density at radius 2 is 0.909 bits per heavy atom. The van der Waals surface area contributed by atoms with Crippen molar-refractivity contribution in [2.45, 2.75) is 19.3 Å². The summed E-state index contributed by atoms with van der Waals surface area (Å²) in [6, 6.07) is 46.8. The zero-order chi connectivity index (χ0) is 30.0. The smallest absolute Gasteiger partial charge is 0.193 e. The molecule has 44 heavy (non-hydrogen) atoms. The molecule has 0 aliphatic heterocycles. The third kappa shape index (κ3) is 3.67. The molecule has 0 saturated heterocycles. The van der Waals surface area contributed by atoms with Gasteiger partial charge in [-0.15, -0.1) is 0 Å². The maximum absolute atomic E-state index is 13.8. The molecule has 0 fully saturated rings. The summed E-state index contributed by atoms with van der Waals surface area (Å²) in [7, 11) is 1.87. The van der Waals surface area contributed by atoms with Gasteiger partial charge in [-0.1, -0.05) is 132 Å². The summed E-state index contributed by atoms with van der Waals surface area (Å²) < 4.78 is 0. The molecule has 6 aromatic carbocycles. The van der Waals surface area contributed by atoms with Crippen LogP contribution in [0, 0.1) is 13.8 Å². The van der Waals surface area contributed by atoms with Crippen molar-refractivity contribution in [2.75, 3.05) is 7.05 Å². The molecular formula is C42H31NO. The molecule has 0 heterocycles. The number of rotatable bonds is 4. The van der Waals surface area contributed by atoms with Crippen LogP contribution >= 0.6 is 0 Å². The highest BCUT2D eigenvalue weighted by Gasteiger charge is 2.52. The number of hydrogen-bond donors (Lipinski definition) is 0. The first-order valence-corrected chi connectivity index (χ1v) is 15.1. The maximum Gasteiger partial charge on any atom is 0.193 e. The van der Waals surface area contributed by atoms with E-state index in [0.717, 1.165) is 22.4 Å². The van der Waals surface area contributed by atoms with E-state index in [0.29, 0.717) is 11.1 Å². The van der Waals surface area contributed by atoms with E-state index in [4.69, 9.17) is 4.99 Å². The van der Waals surface area contributed by atoms with Gasteiger partial charge in [-0.25, -0.2) is 0 Å². The molecule has 0 radical (unpaired) electrons. The van der Waals surface area contributed by atoms with Gasteiger partial charge >= 0.3 is 0 Å². The van der Waals surface area contributed by atoms with Crippen LogP contribution in [0.3, 0.4) is 0 Å². The van der Waals surface area contributed by atoms with Gasteiger partial charge in [-0.3, -0.25) is 9.79 Å². The maximum atomic E-state index is 13.8. The van der Waals surface area contributed by atoms with E-state index in [2.05, 4.69) is 105 Å². The highest BCUT2D eigenvalue weighted by atomic mass is 16.1. The predicted molar refractivity (Wildman–Crippen MR) is 180 cm³/mol.